The van der Waals surface area contributed by atoms with Gasteiger partial charge in [0.2, 0.25) is 0 Å². The van der Waals surface area contributed by atoms with E-state index >= 15 is 0 Å². The third-order valence-corrected chi connectivity index (χ3v) is 5.04. The maximum Gasteiger partial charge on any atom is 0.257 e. The van der Waals surface area contributed by atoms with Crippen molar-refractivity contribution in [2.24, 2.45) is 0 Å². The maximum atomic E-state index is 13.3. The number of aromatic nitrogens is 3. The summed E-state index contributed by atoms with van der Waals surface area (Å²) in [5.41, 5.74) is 4.41. The molecule has 4 aromatic rings. The Morgan fingerprint density at radius 1 is 0.931 bits per heavy atom. The number of nitrogens with one attached hydrogen (secondary N) is 1. The number of carbonyl (C=O) groups is 1. The van der Waals surface area contributed by atoms with Crippen LogP contribution in [0.5, 0.6) is 0 Å². The Morgan fingerprint density at radius 2 is 1.59 bits per heavy atom. The number of benzene rings is 2. The van der Waals surface area contributed by atoms with Gasteiger partial charge in [0.25, 0.3) is 5.91 Å². The Hall–Kier alpha value is -3.60. The van der Waals surface area contributed by atoms with Crippen molar-refractivity contribution in [3.63, 3.8) is 0 Å². The number of amides is 1. The van der Waals surface area contributed by atoms with Gasteiger partial charge >= 0.3 is 0 Å². The molecule has 1 amide bonds. The monoisotopic (exact) mass is 384 g/mol. The van der Waals surface area contributed by atoms with Gasteiger partial charge in [-0.3, -0.25) is 4.79 Å². The second-order valence-electron chi connectivity index (χ2n) is 7.23. The minimum atomic E-state index is -0.138. The summed E-state index contributed by atoms with van der Waals surface area (Å²) in [7, 11) is 0. The smallest absolute Gasteiger partial charge is 0.257 e. The van der Waals surface area contributed by atoms with Crippen LogP contribution in [0.2, 0.25) is 0 Å². The third-order valence-electron chi connectivity index (χ3n) is 5.04. The first-order valence-electron chi connectivity index (χ1n) is 9.70. The minimum absolute atomic E-state index is 0.108. The van der Waals surface area contributed by atoms with Gasteiger partial charge in [-0.2, -0.15) is 5.10 Å². The number of carbonyl (C=O) groups excluding carboxylic acids is 1. The van der Waals surface area contributed by atoms with E-state index in [2.05, 4.69) is 12.2 Å². The lowest BCUT2D eigenvalue weighted by molar-refractivity contribution is 0.0939. The largest absolute Gasteiger partial charge is 0.345 e. The summed E-state index contributed by atoms with van der Waals surface area (Å²) in [5.74, 6) is 0.593. The molecule has 4 rings (SSSR count). The Morgan fingerprint density at radius 3 is 2.24 bits per heavy atom. The van der Waals surface area contributed by atoms with Crippen LogP contribution in [0.3, 0.4) is 0 Å². The minimum Gasteiger partial charge on any atom is -0.345 e. The van der Waals surface area contributed by atoms with E-state index < -0.39 is 0 Å². The lowest BCUT2D eigenvalue weighted by Gasteiger charge is -2.16. The molecule has 0 aliphatic heterocycles. The Labute approximate surface area is 170 Å². The van der Waals surface area contributed by atoms with Crippen molar-refractivity contribution in [2.75, 3.05) is 0 Å². The molecule has 5 nitrogen and oxygen atoms in total. The van der Waals surface area contributed by atoms with Crippen molar-refractivity contribution in [3.05, 3.63) is 102 Å². The highest BCUT2D eigenvalue weighted by molar-refractivity contribution is 5.99. The molecule has 0 aliphatic carbocycles. The summed E-state index contributed by atoms with van der Waals surface area (Å²) in [5, 5.41) is 7.83. The molecule has 0 radical (unpaired) electrons. The Balaban J connectivity index is 1.77. The molecule has 29 heavy (non-hydrogen) atoms. The number of hydrogen-bond donors (Lipinski definition) is 1. The van der Waals surface area contributed by atoms with Crippen LogP contribution in [-0.2, 0) is 0 Å². The van der Waals surface area contributed by atoms with Crippen LogP contribution in [0.15, 0.2) is 79.1 Å². The average molecular weight is 384 g/mol. The fourth-order valence-corrected chi connectivity index (χ4v) is 3.45. The highest BCUT2D eigenvalue weighted by Gasteiger charge is 2.24. The first kappa shape index (κ1) is 18.7. The zero-order valence-corrected chi connectivity index (χ0v) is 16.8. The fraction of sp³-hybridized carbons (Fsp3) is 0.167. The second kappa shape index (κ2) is 7.80. The van der Waals surface area contributed by atoms with Crippen LogP contribution in [0.25, 0.3) is 11.5 Å². The van der Waals surface area contributed by atoms with E-state index in [9.17, 15) is 4.79 Å². The van der Waals surface area contributed by atoms with Gasteiger partial charge in [0.05, 0.1) is 17.4 Å². The molecule has 0 bridgehead atoms. The van der Waals surface area contributed by atoms with Gasteiger partial charge in [0.1, 0.15) is 5.56 Å². The van der Waals surface area contributed by atoms with E-state index in [4.69, 9.17) is 5.10 Å². The zero-order valence-electron chi connectivity index (χ0n) is 16.8. The van der Waals surface area contributed by atoms with Gasteiger partial charge in [-0.1, -0.05) is 48.0 Å². The number of hydrogen-bond acceptors (Lipinski definition) is 2. The van der Waals surface area contributed by atoms with Crippen molar-refractivity contribution in [1.29, 1.82) is 0 Å². The quantitative estimate of drug-likeness (QED) is 0.539. The zero-order chi connectivity index (χ0) is 20.4. The summed E-state index contributed by atoms with van der Waals surface area (Å²) in [4.78, 5) is 13.3. The van der Waals surface area contributed by atoms with E-state index in [1.54, 1.807) is 0 Å². The summed E-state index contributed by atoms with van der Waals surface area (Å²) in [6.45, 7) is 5.91. The van der Waals surface area contributed by atoms with Gasteiger partial charge in [0.15, 0.2) is 5.82 Å². The van der Waals surface area contributed by atoms with Gasteiger partial charge < -0.3 is 9.88 Å². The van der Waals surface area contributed by atoms with E-state index in [0.717, 1.165) is 17.1 Å². The molecule has 1 unspecified atom stereocenters. The molecule has 2 aromatic carbocycles. The van der Waals surface area contributed by atoms with E-state index in [0.29, 0.717) is 11.3 Å². The van der Waals surface area contributed by atoms with Gasteiger partial charge in [0, 0.05) is 12.4 Å². The second-order valence-corrected chi connectivity index (χ2v) is 7.23. The van der Waals surface area contributed by atoms with Crippen LogP contribution in [-0.4, -0.2) is 20.3 Å². The molecule has 0 saturated carbocycles. The molecule has 2 heterocycles. The van der Waals surface area contributed by atoms with E-state index in [1.165, 1.54) is 5.56 Å². The molecule has 0 spiro atoms. The highest BCUT2D eigenvalue weighted by atomic mass is 16.1. The molecule has 1 atom stereocenters. The van der Waals surface area contributed by atoms with Gasteiger partial charge in [-0.05, 0) is 50.6 Å². The van der Waals surface area contributed by atoms with Crippen LogP contribution in [0.1, 0.15) is 40.1 Å². The molecule has 2 aromatic heterocycles. The summed E-state index contributed by atoms with van der Waals surface area (Å²) in [6, 6.07) is 21.8. The summed E-state index contributed by atoms with van der Waals surface area (Å²) in [6.07, 6.45) is 3.86. The normalized spacial score (nSPS) is 12.0. The highest BCUT2D eigenvalue weighted by Crippen LogP contribution is 2.24. The SMILES string of the molecule is Cc1ccc(-n2nc(C)c(C(=O)NC(C)c3ccccc3)c2-n2cccc2)cc1. The Bertz CT molecular complexity index is 1110. The first-order chi connectivity index (χ1) is 14.0. The molecular formula is C24H24N4O. The molecular weight excluding hydrogens is 360 g/mol. The molecule has 1 N–H and O–H groups in total. The predicted octanol–water partition coefficient (Wildman–Crippen LogP) is 4.77. The van der Waals surface area contributed by atoms with Crippen LogP contribution >= 0.6 is 0 Å². The first-order valence-corrected chi connectivity index (χ1v) is 9.70. The number of nitrogens with zero attached hydrogens (tertiary/aromatic N) is 3. The van der Waals surface area contributed by atoms with Crippen molar-refractivity contribution < 1.29 is 4.79 Å². The lowest BCUT2D eigenvalue weighted by atomic mass is 10.1. The summed E-state index contributed by atoms with van der Waals surface area (Å²) >= 11 is 0. The standard InChI is InChI=1S/C24H24N4O/c1-17-11-13-21(14-12-17)28-24(27-15-7-8-16-27)22(19(3)26-28)23(29)25-18(2)20-9-5-4-6-10-20/h4-16,18H,1-3H3,(H,25,29). The van der Waals surface area contributed by atoms with Gasteiger partial charge in [-0.15, -0.1) is 0 Å². The predicted molar refractivity (Wildman–Crippen MR) is 115 cm³/mol. The Kier molecular flexibility index (Phi) is 5.04. The van der Waals surface area contributed by atoms with Crippen molar-refractivity contribution in [3.8, 4) is 11.5 Å². The van der Waals surface area contributed by atoms with E-state index in [1.807, 2.05) is 102 Å². The van der Waals surface area contributed by atoms with Crippen LogP contribution < -0.4 is 5.32 Å². The molecule has 0 saturated heterocycles. The number of rotatable bonds is 5. The molecule has 0 aliphatic rings. The van der Waals surface area contributed by atoms with Gasteiger partial charge in [-0.25, -0.2) is 4.68 Å². The van der Waals surface area contributed by atoms with E-state index in [-0.39, 0.29) is 11.9 Å². The van der Waals surface area contributed by atoms with Crippen LogP contribution in [0, 0.1) is 13.8 Å². The average Bonchev–Trinajstić information content (AvgIpc) is 3.36. The third kappa shape index (κ3) is 3.72. The van der Waals surface area contributed by atoms with Crippen molar-refractivity contribution in [1.82, 2.24) is 19.7 Å². The topological polar surface area (TPSA) is 51.9 Å². The number of aryl methyl sites for hydroxylation is 2. The summed E-state index contributed by atoms with van der Waals surface area (Å²) < 4.78 is 3.76. The molecule has 5 heteroatoms. The van der Waals surface area contributed by atoms with Crippen LogP contribution in [0.4, 0.5) is 0 Å². The fourth-order valence-electron chi connectivity index (χ4n) is 3.45. The molecule has 146 valence electrons. The van der Waals surface area contributed by atoms with Crippen molar-refractivity contribution in [2.45, 2.75) is 26.8 Å². The lowest BCUT2D eigenvalue weighted by Crippen LogP contribution is -2.28. The molecule has 0 fully saturated rings. The van der Waals surface area contributed by atoms with Crippen molar-refractivity contribution >= 4 is 5.91 Å². The maximum absolute atomic E-state index is 13.3.